The van der Waals surface area contributed by atoms with Crippen LogP contribution in [0.15, 0.2) is 79.1 Å². The van der Waals surface area contributed by atoms with Crippen LogP contribution in [0.5, 0.6) is 11.5 Å². The maximum absolute atomic E-state index is 13.4. The molecule has 0 spiro atoms. The Morgan fingerprint density at radius 1 is 0.698 bits per heavy atom. The van der Waals surface area contributed by atoms with E-state index in [9.17, 15) is 19.2 Å². The maximum Gasteiger partial charge on any atom is 0.262 e. The number of carbonyl (C=O) groups is 4. The number of carbonyl (C=O) groups excluding carboxylic acids is 4. The van der Waals surface area contributed by atoms with Crippen LogP contribution in [-0.2, 0) is 9.59 Å². The number of benzene rings is 3. The van der Waals surface area contributed by atoms with Crippen LogP contribution in [0.3, 0.4) is 0 Å². The van der Waals surface area contributed by atoms with E-state index in [0.717, 1.165) is 129 Å². The Morgan fingerprint density at radius 2 is 1.37 bits per heavy atom. The Bertz CT molecular complexity index is 2500. The minimum atomic E-state index is -0.947. The second-order valence-corrected chi connectivity index (χ2v) is 17.9. The van der Waals surface area contributed by atoms with E-state index in [0.29, 0.717) is 28.8 Å². The number of ether oxygens (including phenoxy) is 1. The molecule has 7 heterocycles. The van der Waals surface area contributed by atoms with E-state index in [1.165, 1.54) is 19.2 Å². The van der Waals surface area contributed by atoms with Crippen molar-refractivity contribution in [2.24, 2.45) is 5.92 Å². The molecule has 10 rings (SSSR count). The van der Waals surface area contributed by atoms with Crippen molar-refractivity contribution in [3.05, 3.63) is 95.8 Å². The van der Waals surface area contributed by atoms with Crippen LogP contribution in [0.4, 0.5) is 5.82 Å². The molecule has 15 nitrogen and oxygen atoms in total. The number of nitrogens with zero attached hydrogens (tertiary/aromatic N) is 8. The average Bonchev–Trinajstić information content (AvgIpc) is 3.82. The molecule has 5 aromatic rings. The van der Waals surface area contributed by atoms with Crippen molar-refractivity contribution in [2.45, 2.75) is 69.4 Å². The lowest BCUT2D eigenvalue weighted by molar-refractivity contribution is -0.136. The van der Waals surface area contributed by atoms with Crippen molar-refractivity contribution in [2.75, 3.05) is 64.6 Å². The maximum atomic E-state index is 13.4. The molecule has 4 amide bonds. The second kappa shape index (κ2) is 17.6. The fourth-order valence-corrected chi connectivity index (χ4v) is 10.4. The highest BCUT2D eigenvalue weighted by molar-refractivity contribution is 6.23. The van der Waals surface area contributed by atoms with Gasteiger partial charge in [-0.05, 0) is 137 Å². The third kappa shape index (κ3) is 8.44. The molecular formula is C48H54N10O5. The Balaban J connectivity index is 0.667. The minimum Gasteiger partial charge on any atom is -0.457 e. The lowest BCUT2D eigenvalue weighted by Gasteiger charge is -2.38. The lowest BCUT2D eigenvalue weighted by atomic mass is 9.88. The van der Waals surface area contributed by atoms with Gasteiger partial charge in [0.1, 0.15) is 35.4 Å². The predicted molar refractivity (Wildman–Crippen MR) is 237 cm³/mol. The highest BCUT2D eigenvalue weighted by Crippen LogP contribution is 2.37. The number of piperidine rings is 4. The molecule has 5 aliphatic heterocycles. The van der Waals surface area contributed by atoms with Crippen LogP contribution in [0.1, 0.15) is 89.6 Å². The zero-order valence-electron chi connectivity index (χ0n) is 35.5. The van der Waals surface area contributed by atoms with Crippen molar-refractivity contribution >= 4 is 40.5 Å². The Morgan fingerprint density at radius 3 is 2.08 bits per heavy atom. The molecule has 0 saturated carbocycles. The summed E-state index contributed by atoms with van der Waals surface area (Å²) in [7, 11) is 0. The van der Waals surface area contributed by atoms with Gasteiger partial charge in [0.15, 0.2) is 5.65 Å². The third-order valence-corrected chi connectivity index (χ3v) is 14.0. The van der Waals surface area contributed by atoms with Crippen molar-refractivity contribution in [1.29, 1.82) is 0 Å². The summed E-state index contributed by atoms with van der Waals surface area (Å²) >= 11 is 0. The number of rotatable bonds is 11. The van der Waals surface area contributed by atoms with Gasteiger partial charge in [0.25, 0.3) is 11.8 Å². The number of para-hydroxylation sites is 1. The van der Waals surface area contributed by atoms with Gasteiger partial charge >= 0.3 is 0 Å². The summed E-state index contributed by atoms with van der Waals surface area (Å²) in [5.41, 5.74) is 10.8. The fourth-order valence-electron chi connectivity index (χ4n) is 10.4. The van der Waals surface area contributed by atoms with Crippen LogP contribution in [0.25, 0.3) is 22.3 Å². The number of fused-ring (bicyclic) bond motifs is 2. The molecule has 15 heteroatoms. The van der Waals surface area contributed by atoms with Gasteiger partial charge in [-0.2, -0.15) is 5.10 Å². The summed E-state index contributed by atoms with van der Waals surface area (Å²) in [6, 6.07) is 22.6. The number of nitrogens with two attached hydrogens (primary N) is 1. The molecule has 63 heavy (non-hydrogen) atoms. The zero-order chi connectivity index (χ0) is 43.0. The molecule has 5 aliphatic rings. The Kier molecular flexibility index (Phi) is 11.5. The van der Waals surface area contributed by atoms with Gasteiger partial charge in [-0.25, -0.2) is 14.6 Å². The number of anilines is 1. The normalized spacial score (nSPS) is 21.3. The zero-order valence-corrected chi connectivity index (χ0v) is 35.5. The Labute approximate surface area is 366 Å². The number of imide groups is 2. The first-order valence-electron chi connectivity index (χ1n) is 22.6. The van der Waals surface area contributed by atoms with Crippen LogP contribution < -0.4 is 15.8 Å². The molecule has 0 aliphatic carbocycles. The summed E-state index contributed by atoms with van der Waals surface area (Å²) in [6.07, 6.45) is 8.26. The predicted octanol–water partition coefficient (Wildman–Crippen LogP) is 5.50. The van der Waals surface area contributed by atoms with E-state index < -0.39 is 23.8 Å². The molecular weight excluding hydrogens is 797 g/mol. The summed E-state index contributed by atoms with van der Waals surface area (Å²) < 4.78 is 8.11. The summed E-state index contributed by atoms with van der Waals surface area (Å²) in [4.78, 5) is 68.5. The average molecular weight is 851 g/mol. The first kappa shape index (κ1) is 41.0. The molecule has 2 aromatic heterocycles. The van der Waals surface area contributed by atoms with E-state index in [1.54, 1.807) is 6.07 Å². The van der Waals surface area contributed by atoms with Crippen molar-refractivity contribution in [1.82, 2.24) is 44.7 Å². The monoisotopic (exact) mass is 850 g/mol. The van der Waals surface area contributed by atoms with Crippen LogP contribution in [0.2, 0.25) is 0 Å². The van der Waals surface area contributed by atoms with Gasteiger partial charge in [-0.3, -0.25) is 29.4 Å². The molecule has 4 saturated heterocycles. The first-order chi connectivity index (χ1) is 30.8. The van der Waals surface area contributed by atoms with Crippen LogP contribution in [0, 0.1) is 5.92 Å². The number of hydrogen-bond donors (Lipinski definition) is 2. The van der Waals surface area contributed by atoms with E-state index in [-0.39, 0.29) is 24.8 Å². The topological polar surface area (TPSA) is 172 Å². The largest absolute Gasteiger partial charge is 0.457 e. The minimum absolute atomic E-state index is 0.110. The summed E-state index contributed by atoms with van der Waals surface area (Å²) in [5.74, 6) is 1.14. The van der Waals surface area contributed by atoms with Crippen LogP contribution >= 0.6 is 0 Å². The SMILES string of the molecule is Nc1ncnc2c1c(-c1ccc(Oc3ccccc3)cc1)nn2C1CCN(CC2CCN(CCN3CCC(c4ccc5c(c4)C(=O)N(C4CCC(=O)NC4=O)C5=O)CC3)CC2)CC1. The molecule has 3 aromatic carbocycles. The quantitative estimate of drug-likeness (QED) is 0.160. The van der Waals surface area contributed by atoms with Crippen molar-refractivity contribution in [3.8, 4) is 22.8 Å². The highest BCUT2D eigenvalue weighted by Gasteiger charge is 2.45. The molecule has 1 unspecified atom stereocenters. The number of amides is 4. The molecule has 0 bridgehead atoms. The van der Waals surface area contributed by atoms with Gasteiger partial charge < -0.3 is 25.2 Å². The van der Waals surface area contributed by atoms with Crippen molar-refractivity contribution < 1.29 is 23.9 Å². The van der Waals surface area contributed by atoms with Crippen molar-refractivity contribution in [3.63, 3.8) is 0 Å². The van der Waals surface area contributed by atoms with Gasteiger partial charge in [0.05, 0.1) is 22.6 Å². The van der Waals surface area contributed by atoms with Gasteiger partial charge in [0, 0.05) is 44.7 Å². The molecule has 4 fully saturated rings. The van der Waals surface area contributed by atoms with E-state index in [1.807, 2.05) is 66.7 Å². The second-order valence-electron chi connectivity index (χ2n) is 17.9. The third-order valence-electron chi connectivity index (χ3n) is 14.0. The standard InChI is InChI=1S/C48H54N10O5/c49-44-42-43(33-6-9-37(10-7-33)63-36-4-2-1-3-5-36)53-58(45(42)51-30-50-44)35-18-24-56(25-19-35)29-31-14-20-54(21-15-31)26-27-55-22-16-32(17-23-55)34-8-11-38-39(28-34)48(62)57(47(38)61)40-12-13-41(59)52-46(40)60/h1-11,28,30-32,35,40H,12-27,29H2,(H2,49,50,51)(H,52,59,60). The number of likely N-dealkylation sites (tertiary alicyclic amines) is 3. The number of nitrogens with one attached hydrogen (secondary N) is 1. The smallest absolute Gasteiger partial charge is 0.262 e. The fraction of sp³-hybridized carbons (Fsp3) is 0.438. The first-order valence-corrected chi connectivity index (χ1v) is 22.6. The van der Waals surface area contributed by atoms with Gasteiger partial charge in [0.2, 0.25) is 11.8 Å². The van der Waals surface area contributed by atoms with E-state index in [2.05, 4.69) is 34.7 Å². The highest BCUT2D eigenvalue weighted by atomic mass is 16.5. The molecule has 0 radical (unpaired) electrons. The van der Waals surface area contributed by atoms with E-state index in [4.69, 9.17) is 15.6 Å². The van der Waals surface area contributed by atoms with Gasteiger partial charge in [-0.1, -0.05) is 24.3 Å². The Hall–Kier alpha value is -6.03. The number of aromatic nitrogens is 4. The van der Waals surface area contributed by atoms with Crippen LogP contribution in [-0.4, -0.2) is 128 Å². The van der Waals surface area contributed by atoms with E-state index >= 15 is 0 Å². The van der Waals surface area contributed by atoms with Gasteiger partial charge in [-0.15, -0.1) is 0 Å². The molecule has 326 valence electrons. The molecule has 3 N–H and O–H groups in total. The lowest BCUT2D eigenvalue weighted by Crippen LogP contribution is -2.54. The number of hydrogen-bond acceptors (Lipinski definition) is 12. The molecule has 1 atom stereocenters. The summed E-state index contributed by atoms with van der Waals surface area (Å²) in [6.45, 7) is 9.60. The summed E-state index contributed by atoms with van der Waals surface area (Å²) in [5, 5.41) is 8.20. The number of nitrogen functional groups attached to an aromatic ring is 1.